The van der Waals surface area contributed by atoms with E-state index in [0.29, 0.717) is 41.5 Å². The van der Waals surface area contributed by atoms with Crippen molar-refractivity contribution < 1.29 is 9.53 Å². The number of amides is 1. The van der Waals surface area contributed by atoms with Crippen LogP contribution in [0.1, 0.15) is 22.4 Å². The maximum Gasteiger partial charge on any atom is 0.268 e. The fraction of sp³-hybridized carbons (Fsp3) is 0.316. The number of primary amides is 1. The number of pyridine rings is 1. The average Bonchev–Trinajstić information content (AvgIpc) is 3.31. The molecule has 1 atom stereocenters. The largest absolute Gasteiger partial charge is 0.404 e. The van der Waals surface area contributed by atoms with Crippen LogP contribution in [-0.2, 0) is 4.74 Å². The van der Waals surface area contributed by atoms with E-state index in [0.717, 1.165) is 10.6 Å². The standard InChI is InChI=1S/C19H22N8O2S/c1-10-9-29-6-5-26(10)15-7-12(17-16(18(22)28)24-11(2)30-17)13-8-23-27(19(13)25-15)14(21)3-4-20/h3-4,7-8,10,21H,5-6,9,20H2,1-2H3,(H2,22,28)/b4-3-,21-14?/t10-/m1/s1. The van der Waals surface area contributed by atoms with Crippen LogP contribution in [-0.4, -0.2) is 57.3 Å². The highest BCUT2D eigenvalue weighted by Gasteiger charge is 2.26. The Hall–Kier alpha value is -3.31. The molecule has 0 radical (unpaired) electrons. The lowest BCUT2D eigenvalue weighted by Crippen LogP contribution is -2.44. The number of nitrogens with two attached hydrogens (primary N) is 2. The van der Waals surface area contributed by atoms with Crippen LogP contribution < -0.4 is 16.4 Å². The Bertz CT molecular complexity index is 1160. The number of fused-ring (bicyclic) bond motifs is 1. The average molecular weight is 427 g/mol. The molecule has 3 aromatic heterocycles. The zero-order valence-electron chi connectivity index (χ0n) is 16.6. The number of thiazole rings is 1. The van der Waals surface area contributed by atoms with Gasteiger partial charge in [-0.2, -0.15) is 9.78 Å². The molecule has 1 aliphatic heterocycles. The number of ether oxygens (including phenoxy) is 1. The molecule has 0 unspecified atom stereocenters. The van der Waals surface area contributed by atoms with Crippen molar-refractivity contribution in [2.24, 2.45) is 11.5 Å². The molecule has 10 nitrogen and oxygen atoms in total. The van der Waals surface area contributed by atoms with Crippen LogP contribution in [0.3, 0.4) is 0 Å². The molecule has 1 amide bonds. The van der Waals surface area contributed by atoms with Gasteiger partial charge in [-0.25, -0.2) is 9.97 Å². The van der Waals surface area contributed by atoms with Gasteiger partial charge in [0, 0.05) is 17.5 Å². The zero-order chi connectivity index (χ0) is 21.4. The molecule has 1 aliphatic rings. The number of nitrogens with zero attached hydrogens (tertiary/aromatic N) is 5. The second kappa shape index (κ2) is 7.84. The van der Waals surface area contributed by atoms with Crippen LogP contribution in [0.15, 0.2) is 24.5 Å². The lowest BCUT2D eigenvalue weighted by atomic mass is 10.1. The summed E-state index contributed by atoms with van der Waals surface area (Å²) < 4.78 is 6.97. The van der Waals surface area contributed by atoms with E-state index < -0.39 is 5.91 Å². The molecule has 3 aromatic rings. The van der Waals surface area contributed by atoms with Gasteiger partial charge in [-0.15, -0.1) is 11.3 Å². The number of anilines is 1. The first-order chi connectivity index (χ1) is 14.4. The Balaban J connectivity index is 1.99. The van der Waals surface area contributed by atoms with Gasteiger partial charge in [-0.05, 0) is 32.2 Å². The van der Waals surface area contributed by atoms with Gasteiger partial charge in [0.1, 0.15) is 17.3 Å². The molecule has 0 aliphatic carbocycles. The van der Waals surface area contributed by atoms with Gasteiger partial charge in [0.15, 0.2) is 5.65 Å². The van der Waals surface area contributed by atoms with Crippen LogP contribution >= 0.6 is 11.3 Å². The molecule has 4 rings (SSSR count). The summed E-state index contributed by atoms with van der Waals surface area (Å²) in [5, 5.41) is 14.0. The summed E-state index contributed by atoms with van der Waals surface area (Å²) in [6.45, 7) is 5.75. The summed E-state index contributed by atoms with van der Waals surface area (Å²) in [5.41, 5.74) is 12.5. The topological polar surface area (TPSA) is 149 Å². The molecular weight excluding hydrogens is 404 g/mol. The zero-order valence-corrected chi connectivity index (χ0v) is 17.4. The summed E-state index contributed by atoms with van der Waals surface area (Å²) in [6.07, 6.45) is 4.34. The number of hydrogen-bond donors (Lipinski definition) is 3. The number of allylic oxidation sites excluding steroid dienone is 1. The molecule has 5 N–H and O–H groups in total. The molecular formula is C19H22N8O2S. The first kappa shape index (κ1) is 20.0. The molecule has 0 bridgehead atoms. The minimum Gasteiger partial charge on any atom is -0.404 e. The quantitative estimate of drug-likeness (QED) is 0.422. The SMILES string of the molecule is Cc1nc(C(N)=O)c(-c2cc(N3CCOC[C@H]3C)nc3c2cnn3C(=N)/C=C\N)s1. The van der Waals surface area contributed by atoms with Crippen molar-refractivity contribution in [3.63, 3.8) is 0 Å². The Morgan fingerprint density at radius 2 is 2.23 bits per heavy atom. The number of nitrogens with one attached hydrogen (secondary N) is 1. The molecule has 0 aromatic carbocycles. The number of aromatic nitrogens is 4. The van der Waals surface area contributed by atoms with Gasteiger partial charge in [-0.3, -0.25) is 10.2 Å². The second-order valence-electron chi connectivity index (χ2n) is 6.96. The molecule has 1 fully saturated rings. The van der Waals surface area contributed by atoms with E-state index >= 15 is 0 Å². The van der Waals surface area contributed by atoms with Crippen molar-refractivity contribution >= 4 is 39.9 Å². The van der Waals surface area contributed by atoms with Crippen LogP contribution in [0.25, 0.3) is 21.5 Å². The first-order valence-corrected chi connectivity index (χ1v) is 10.2. The Kier molecular flexibility index (Phi) is 5.22. The monoisotopic (exact) mass is 426 g/mol. The highest BCUT2D eigenvalue weighted by Crippen LogP contribution is 2.37. The minimum atomic E-state index is -0.591. The maximum atomic E-state index is 12.0. The predicted molar refractivity (Wildman–Crippen MR) is 116 cm³/mol. The molecule has 0 spiro atoms. The van der Waals surface area contributed by atoms with Gasteiger partial charge < -0.3 is 21.1 Å². The number of morpholine rings is 1. The number of aryl methyl sites for hydroxylation is 1. The number of carbonyl (C=O) groups is 1. The molecule has 11 heteroatoms. The summed E-state index contributed by atoms with van der Waals surface area (Å²) >= 11 is 1.39. The Morgan fingerprint density at radius 1 is 1.43 bits per heavy atom. The van der Waals surface area contributed by atoms with E-state index in [9.17, 15) is 4.79 Å². The lowest BCUT2D eigenvalue weighted by Gasteiger charge is -2.34. The molecule has 1 saturated heterocycles. The van der Waals surface area contributed by atoms with Crippen molar-refractivity contribution in [3.8, 4) is 10.4 Å². The molecule has 30 heavy (non-hydrogen) atoms. The second-order valence-corrected chi connectivity index (χ2v) is 8.16. The van der Waals surface area contributed by atoms with Gasteiger partial charge >= 0.3 is 0 Å². The van der Waals surface area contributed by atoms with E-state index in [2.05, 4.69) is 21.9 Å². The highest BCUT2D eigenvalue weighted by atomic mass is 32.1. The summed E-state index contributed by atoms with van der Waals surface area (Å²) in [5.74, 6) is 0.196. The van der Waals surface area contributed by atoms with E-state index in [4.69, 9.17) is 26.6 Å². The first-order valence-electron chi connectivity index (χ1n) is 9.38. The van der Waals surface area contributed by atoms with Crippen LogP contribution in [0.4, 0.5) is 5.82 Å². The number of carbonyl (C=O) groups excluding carboxylic acids is 1. The summed E-state index contributed by atoms with van der Waals surface area (Å²) in [6, 6.07) is 2.05. The predicted octanol–water partition coefficient (Wildman–Crippen LogP) is 1.48. The van der Waals surface area contributed by atoms with Gasteiger partial charge in [0.2, 0.25) is 0 Å². The van der Waals surface area contributed by atoms with Crippen molar-refractivity contribution in [1.29, 1.82) is 5.41 Å². The third-order valence-electron chi connectivity index (χ3n) is 4.88. The van der Waals surface area contributed by atoms with Crippen LogP contribution in [0.2, 0.25) is 0 Å². The van der Waals surface area contributed by atoms with Crippen molar-refractivity contribution in [2.75, 3.05) is 24.7 Å². The van der Waals surface area contributed by atoms with E-state index in [1.165, 1.54) is 28.3 Å². The van der Waals surface area contributed by atoms with Gasteiger partial charge in [0.05, 0.1) is 35.3 Å². The Labute approximate surface area is 176 Å². The molecule has 156 valence electrons. The van der Waals surface area contributed by atoms with E-state index in [-0.39, 0.29) is 17.6 Å². The van der Waals surface area contributed by atoms with E-state index in [1.54, 1.807) is 6.20 Å². The van der Waals surface area contributed by atoms with Crippen molar-refractivity contribution in [1.82, 2.24) is 19.7 Å². The summed E-state index contributed by atoms with van der Waals surface area (Å²) in [7, 11) is 0. The van der Waals surface area contributed by atoms with Gasteiger partial charge in [-0.1, -0.05) is 0 Å². The third-order valence-corrected chi connectivity index (χ3v) is 5.89. The maximum absolute atomic E-state index is 12.0. The van der Waals surface area contributed by atoms with E-state index in [1.807, 2.05) is 13.0 Å². The molecule has 4 heterocycles. The van der Waals surface area contributed by atoms with Crippen molar-refractivity contribution in [2.45, 2.75) is 19.9 Å². The number of rotatable bonds is 4. The highest BCUT2D eigenvalue weighted by molar-refractivity contribution is 7.15. The lowest BCUT2D eigenvalue weighted by molar-refractivity contribution is 0.0985. The number of hydrogen-bond acceptors (Lipinski definition) is 9. The fourth-order valence-corrected chi connectivity index (χ4v) is 4.46. The van der Waals surface area contributed by atoms with Crippen LogP contribution in [0, 0.1) is 12.3 Å². The normalized spacial score (nSPS) is 17.1. The minimum absolute atomic E-state index is 0.0775. The smallest absolute Gasteiger partial charge is 0.268 e. The Morgan fingerprint density at radius 3 is 2.93 bits per heavy atom. The van der Waals surface area contributed by atoms with Gasteiger partial charge in [0.25, 0.3) is 5.91 Å². The summed E-state index contributed by atoms with van der Waals surface area (Å²) in [4.78, 5) is 24.0. The fourth-order valence-electron chi connectivity index (χ4n) is 3.50. The molecule has 0 saturated carbocycles. The third kappa shape index (κ3) is 3.42. The van der Waals surface area contributed by atoms with Crippen molar-refractivity contribution in [3.05, 3.63) is 35.2 Å². The van der Waals surface area contributed by atoms with Crippen LogP contribution in [0.5, 0.6) is 0 Å².